The number of rotatable bonds is 5. The topological polar surface area (TPSA) is 31.4 Å². The fourth-order valence-electron chi connectivity index (χ4n) is 2.50. The van der Waals surface area contributed by atoms with E-state index in [1.807, 2.05) is 81.4 Å². The third-order valence-corrected chi connectivity index (χ3v) is 3.55. The van der Waals surface area contributed by atoms with Crippen LogP contribution in [0.4, 0.5) is 0 Å². The molecule has 1 heterocycles. The Morgan fingerprint density at radius 1 is 0.875 bits per heavy atom. The van der Waals surface area contributed by atoms with Crippen molar-refractivity contribution in [3.8, 4) is 28.5 Å². The van der Waals surface area contributed by atoms with E-state index in [0.717, 1.165) is 34.1 Å². The molecule has 0 spiro atoms. The largest absolute Gasteiger partial charge is 0.491 e. The molecule has 3 rings (SSSR count). The Morgan fingerprint density at radius 2 is 1.67 bits per heavy atom. The fraction of sp³-hybridized carbons (Fsp3) is 0.190. The summed E-state index contributed by atoms with van der Waals surface area (Å²) in [5.41, 5.74) is 2.85. The number of pyridine rings is 1. The van der Waals surface area contributed by atoms with Gasteiger partial charge in [0.15, 0.2) is 0 Å². The van der Waals surface area contributed by atoms with E-state index in [1.165, 1.54) is 0 Å². The molecule has 0 saturated carbocycles. The molecule has 24 heavy (non-hydrogen) atoms. The lowest BCUT2D eigenvalue weighted by Gasteiger charge is -2.15. The summed E-state index contributed by atoms with van der Waals surface area (Å²) >= 11 is 0. The average Bonchev–Trinajstić information content (AvgIpc) is 2.57. The Bertz CT molecular complexity index is 813. The van der Waals surface area contributed by atoms with E-state index >= 15 is 0 Å². The molecule has 0 saturated heterocycles. The summed E-state index contributed by atoms with van der Waals surface area (Å²) in [4.78, 5) is 4.50. The van der Waals surface area contributed by atoms with Crippen molar-refractivity contribution in [1.29, 1.82) is 0 Å². The molecule has 0 bridgehead atoms. The van der Waals surface area contributed by atoms with Gasteiger partial charge in [0.25, 0.3) is 0 Å². The molecule has 122 valence electrons. The number of hydrogen-bond acceptors (Lipinski definition) is 3. The number of aryl methyl sites for hydroxylation is 1. The monoisotopic (exact) mass is 319 g/mol. The average molecular weight is 319 g/mol. The lowest BCUT2D eigenvalue weighted by atomic mass is 10.1. The van der Waals surface area contributed by atoms with Gasteiger partial charge in [-0.05, 0) is 50.6 Å². The van der Waals surface area contributed by atoms with Gasteiger partial charge in [-0.15, -0.1) is 0 Å². The van der Waals surface area contributed by atoms with Gasteiger partial charge in [-0.1, -0.05) is 30.3 Å². The molecular weight excluding hydrogens is 298 g/mol. The number of aromatic nitrogens is 1. The van der Waals surface area contributed by atoms with Gasteiger partial charge in [0.1, 0.15) is 17.2 Å². The lowest BCUT2D eigenvalue weighted by molar-refractivity contribution is 0.242. The summed E-state index contributed by atoms with van der Waals surface area (Å²) in [5, 5.41) is 0. The van der Waals surface area contributed by atoms with Crippen LogP contribution in [0.1, 0.15) is 19.4 Å². The Balaban J connectivity index is 2.01. The minimum atomic E-state index is 0.123. The number of para-hydroxylation sites is 2. The van der Waals surface area contributed by atoms with Crippen LogP contribution < -0.4 is 9.47 Å². The van der Waals surface area contributed by atoms with Crippen LogP contribution in [0, 0.1) is 6.92 Å². The van der Waals surface area contributed by atoms with Crippen molar-refractivity contribution >= 4 is 0 Å². The van der Waals surface area contributed by atoms with Crippen LogP contribution in [-0.2, 0) is 0 Å². The normalized spacial score (nSPS) is 10.7. The van der Waals surface area contributed by atoms with Crippen molar-refractivity contribution in [2.75, 3.05) is 0 Å². The molecule has 0 atom stereocenters. The van der Waals surface area contributed by atoms with Gasteiger partial charge in [0, 0.05) is 17.8 Å². The van der Waals surface area contributed by atoms with Crippen molar-refractivity contribution in [1.82, 2.24) is 4.98 Å². The molecule has 0 amide bonds. The Morgan fingerprint density at radius 3 is 2.42 bits per heavy atom. The molecule has 0 aliphatic heterocycles. The zero-order valence-corrected chi connectivity index (χ0v) is 14.2. The molecule has 3 heteroatoms. The van der Waals surface area contributed by atoms with Crippen molar-refractivity contribution in [2.45, 2.75) is 26.9 Å². The van der Waals surface area contributed by atoms with Crippen LogP contribution >= 0.6 is 0 Å². The summed E-state index contributed by atoms with van der Waals surface area (Å²) in [6.45, 7) is 6.06. The highest BCUT2D eigenvalue weighted by Crippen LogP contribution is 2.36. The summed E-state index contributed by atoms with van der Waals surface area (Å²) in [5.74, 6) is 2.43. The lowest BCUT2D eigenvalue weighted by Crippen LogP contribution is -2.05. The maximum absolute atomic E-state index is 6.13. The summed E-state index contributed by atoms with van der Waals surface area (Å²) < 4.78 is 11.9. The Kier molecular flexibility index (Phi) is 4.80. The van der Waals surface area contributed by atoms with Crippen LogP contribution in [0.5, 0.6) is 17.2 Å². The molecule has 3 aromatic rings. The van der Waals surface area contributed by atoms with E-state index in [1.54, 1.807) is 6.20 Å². The van der Waals surface area contributed by atoms with E-state index in [9.17, 15) is 0 Å². The third kappa shape index (κ3) is 3.74. The van der Waals surface area contributed by atoms with E-state index in [-0.39, 0.29) is 6.10 Å². The van der Waals surface area contributed by atoms with Crippen molar-refractivity contribution in [2.24, 2.45) is 0 Å². The quantitative estimate of drug-likeness (QED) is 0.610. The molecule has 0 aliphatic carbocycles. The number of benzene rings is 2. The first kappa shape index (κ1) is 16.1. The first-order valence-corrected chi connectivity index (χ1v) is 8.09. The van der Waals surface area contributed by atoms with Gasteiger partial charge in [0.05, 0.1) is 11.8 Å². The third-order valence-electron chi connectivity index (χ3n) is 3.55. The van der Waals surface area contributed by atoms with Crippen molar-refractivity contribution in [3.05, 3.63) is 72.4 Å². The molecule has 0 N–H and O–H groups in total. The van der Waals surface area contributed by atoms with E-state index in [0.29, 0.717) is 0 Å². The van der Waals surface area contributed by atoms with E-state index in [2.05, 4.69) is 4.98 Å². The predicted molar refractivity (Wildman–Crippen MR) is 96.7 cm³/mol. The van der Waals surface area contributed by atoms with Gasteiger partial charge in [-0.3, -0.25) is 4.98 Å². The van der Waals surface area contributed by atoms with E-state index in [4.69, 9.17) is 9.47 Å². The van der Waals surface area contributed by atoms with Gasteiger partial charge in [-0.2, -0.15) is 0 Å². The molecule has 0 aliphatic rings. The molecule has 0 fully saturated rings. The Labute approximate surface area is 142 Å². The highest BCUT2D eigenvalue weighted by atomic mass is 16.5. The van der Waals surface area contributed by atoms with Crippen LogP contribution in [0.15, 0.2) is 66.9 Å². The van der Waals surface area contributed by atoms with Gasteiger partial charge in [-0.25, -0.2) is 0 Å². The highest BCUT2D eigenvalue weighted by Gasteiger charge is 2.12. The van der Waals surface area contributed by atoms with E-state index < -0.39 is 0 Å². The minimum absolute atomic E-state index is 0.123. The second kappa shape index (κ2) is 7.18. The summed E-state index contributed by atoms with van der Waals surface area (Å²) in [7, 11) is 0. The maximum atomic E-state index is 6.13. The van der Waals surface area contributed by atoms with Gasteiger partial charge in [0.2, 0.25) is 0 Å². The highest BCUT2D eigenvalue weighted by molar-refractivity contribution is 5.70. The number of ether oxygens (including phenoxy) is 2. The van der Waals surface area contributed by atoms with Gasteiger partial charge >= 0.3 is 0 Å². The second-order valence-corrected chi connectivity index (χ2v) is 5.91. The van der Waals surface area contributed by atoms with Crippen LogP contribution in [0.25, 0.3) is 11.3 Å². The summed E-state index contributed by atoms with van der Waals surface area (Å²) in [6, 6.07) is 19.7. The van der Waals surface area contributed by atoms with Crippen LogP contribution in [0.2, 0.25) is 0 Å². The van der Waals surface area contributed by atoms with Crippen LogP contribution in [0.3, 0.4) is 0 Å². The van der Waals surface area contributed by atoms with Crippen molar-refractivity contribution < 1.29 is 9.47 Å². The van der Waals surface area contributed by atoms with Crippen LogP contribution in [-0.4, -0.2) is 11.1 Å². The van der Waals surface area contributed by atoms with Crippen molar-refractivity contribution in [3.63, 3.8) is 0 Å². The molecule has 1 aromatic heterocycles. The molecule has 3 nitrogen and oxygen atoms in total. The maximum Gasteiger partial charge on any atom is 0.139 e. The summed E-state index contributed by atoms with van der Waals surface area (Å²) in [6.07, 6.45) is 1.89. The fourth-order valence-corrected chi connectivity index (χ4v) is 2.50. The number of hydrogen-bond donors (Lipinski definition) is 0. The Hall–Kier alpha value is -2.81. The molecule has 2 aromatic carbocycles. The zero-order valence-electron chi connectivity index (χ0n) is 14.2. The zero-order chi connectivity index (χ0) is 16.9. The smallest absolute Gasteiger partial charge is 0.139 e. The van der Waals surface area contributed by atoms with Gasteiger partial charge < -0.3 is 9.47 Å². The standard InChI is InChI=1S/C21H21NO2/c1-15(2)23-18-12-13-22-20(14-18)19-11-7-8-16(3)21(19)24-17-9-5-4-6-10-17/h4-15H,1-3H3. The number of nitrogens with zero attached hydrogens (tertiary/aromatic N) is 1. The first-order chi connectivity index (χ1) is 11.6. The molecular formula is C21H21NO2. The predicted octanol–water partition coefficient (Wildman–Crippen LogP) is 5.64. The molecule has 0 unspecified atom stereocenters. The SMILES string of the molecule is Cc1cccc(-c2cc(OC(C)C)ccn2)c1Oc1ccccc1. The second-order valence-electron chi connectivity index (χ2n) is 5.91. The first-order valence-electron chi connectivity index (χ1n) is 8.09. The minimum Gasteiger partial charge on any atom is -0.491 e. The molecule has 0 radical (unpaired) electrons.